The quantitative estimate of drug-likeness (QED) is 0.729. The van der Waals surface area contributed by atoms with Crippen molar-refractivity contribution in [3.8, 4) is 22.8 Å². The summed E-state index contributed by atoms with van der Waals surface area (Å²) in [6, 6.07) is 11.9. The third kappa shape index (κ3) is 2.84. The summed E-state index contributed by atoms with van der Waals surface area (Å²) in [5, 5.41) is 5.23. The van der Waals surface area contributed by atoms with Gasteiger partial charge in [0.25, 0.3) is 0 Å². The van der Waals surface area contributed by atoms with Gasteiger partial charge in [0.1, 0.15) is 5.82 Å². The molecular formula is C20H15FN2O3S. The highest BCUT2D eigenvalue weighted by atomic mass is 32.1. The number of anilines is 1. The fraction of sp³-hybridized carbons (Fsp3) is 0.200. The molecule has 0 bridgehead atoms. The molecule has 1 saturated carbocycles. The maximum atomic E-state index is 13.4. The monoisotopic (exact) mass is 382 g/mol. The predicted molar refractivity (Wildman–Crippen MR) is 99.6 cm³/mol. The number of benzene rings is 2. The van der Waals surface area contributed by atoms with Crippen LogP contribution in [0.25, 0.3) is 11.3 Å². The lowest BCUT2D eigenvalue weighted by atomic mass is 9.94. The number of aromatic nitrogens is 1. The van der Waals surface area contributed by atoms with Gasteiger partial charge in [-0.2, -0.15) is 0 Å². The minimum absolute atomic E-state index is 0.0819. The molecule has 2 heterocycles. The summed E-state index contributed by atoms with van der Waals surface area (Å²) in [5.74, 6) is 0.983. The third-order valence-electron chi connectivity index (χ3n) is 4.95. The van der Waals surface area contributed by atoms with E-state index in [2.05, 4.69) is 10.3 Å². The van der Waals surface area contributed by atoms with Crippen molar-refractivity contribution in [2.75, 3.05) is 12.1 Å². The van der Waals surface area contributed by atoms with Crippen LogP contribution < -0.4 is 14.8 Å². The SMILES string of the molecule is O=C(Nc1nc(-c2cccc(F)c2)cs1)C1(c2ccc3c(c2)OCO3)CC1. The minimum Gasteiger partial charge on any atom is -0.454 e. The maximum absolute atomic E-state index is 13.4. The second-order valence-electron chi connectivity index (χ2n) is 6.65. The average Bonchev–Trinajstić information content (AvgIpc) is 3.13. The number of hydrogen-bond acceptors (Lipinski definition) is 5. The van der Waals surface area contributed by atoms with Crippen LogP contribution in [0.3, 0.4) is 0 Å². The van der Waals surface area contributed by atoms with Crippen LogP contribution in [-0.4, -0.2) is 17.7 Å². The number of nitrogens with one attached hydrogen (secondary N) is 1. The van der Waals surface area contributed by atoms with Gasteiger partial charge in [0, 0.05) is 10.9 Å². The molecule has 5 nitrogen and oxygen atoms in total. The largest absolute Gasteiger partial charge is 0.454 e. The van der Waals surface area contributed by atoms with E-state index in [1.807, 2.05) is 23.6 Å². The van der Waals surface area contributed by atoms with Crippen molar-refractivity contribution < 1.29 is 18.7 Å². The first-order valence-corrected chi connectivity index (χ1v) is 9.45. The molecule has 0 radical (unpaired) electrons. The fourth-order valence-corrected chi connectivity index (χ4v) is 4.01. The zero-order valence-corrected chi connectivity index (χ0v) is 15.0. The molecule has 1 amide bonds. The number of carbonyl (C=O) groups excluding carboxylic acids is 1. The Morgan fingerprint density at radius 3 is 2.81 bits per heavy atom. The Hall–Kier alpha value is -2.93. The van der Waals surface area contributed by atoms with Gasteiger partial charge in [0.05, 0.1) is 11.1 Å². The van der Waals surface area contributed by atoms with Gasteiger partial charge in [0.2, 0.25) is 12.7 Å². The number of carbonyl (C=O) groups is 1. The van der Waals surface area contributed by atoms with E-state index in [0.29, 0.717) is 27.9 Å². The standard InChI is InChI=1S/C20H15FN2O3S/c21-14-3-1-2-12(8-14)15-10-27-19(22-15)23-18(24)20(6-7-20)13-4-5-16-17(9-13)26-11-25-16/h1-5,8-10H,6-7,11H2,(H,22,23,24). The molecule has 1 aliphatic carbocycles. The number of halogens is 1. The molecule has 136 valence electrons. The van der Waals surface area contributed by atoms with Crippen LogP contribution in [0.2, 0.25) is 0 Å². The number of nitrogens with zero attached hydrogens (tertiary/aromatic N) is 1. The van der Waals surface area contributed by atoms with Crippen molar-refractivity contribution in [3.05, 3.63) is 59.2 Å². The molecule has 1 aliphatic heterocycles. The number of hydrogen-bond donors (Lipinski definition) is 1. The highest BCUT2D eigenvalue weighted by Crippen LogP contribution is 2.51. The molecule has 7 heteroatoms. The van der Waals surface area contributed by atoms with Crippen LogP contribution in [0, 0.1) is 5.82 Å². The van der Waals surface area contributed by atoms with Crippen molar-refractivity contribution in [2.45, 2.75) is 18.3 Å². The van der Waals surface area contributed by atoms with E-state index in [0.717, 1.165) is 18.4 Å². The Kier molecular flexibility index (Phi) is 3.65. The maximum Gasteiger partial charge on any atom is 0.236 e. The molecule has 2 aliphatic rings. The van der Waals surface area contributed by atoms with E-state index in [-0.39, 0.29) is 18.5 Å². The van der Waals surface area contributed by atoms with Crippen LogP contribution in [-0.2, 0) is 10.2 Å². The molecule has 1 aromatic heterocycles. The van der Waals surface area contributed by atoms with Gasteiger partial charge >= 0.3 is 0 Å². The molecule has 2 aromatic carbocycles. The normalized spacial score (nSPS) is 16.2. The summed E-state index contributed by atoms with van der Waals surface area (Å²) >= 11 is 1.33. The summed E-state index contributed by atoms with van der Waals surface area (Å²) in [6.45, 7) is 0.208. The first-order valence-electron chi connectivity index (χ1n) is 8.57. The molecule has 0 unspecified atom stereocenters. The molecule has 5 rings (SSSR count). The minimum atomic E-state index is -0.550. The summed E-state index contributed by atoms with van der Waals surface area (Å²) in [6.07, 6.45) is 1.56. The zero-order chi connectivity index (χ0) is 18.4. The lowest BCUT2D eigenvalue weighted by Gasteiger charge is -2.15. The smallest absolute Gasteiger partial charge is 0.236 e. The number of thiazole rings is 1. The summed E-state index contributed by atoms with van der Waals surface area (Å²) in [5.41, 5.74) is 1.70. The van der Waals surface area contributed by atoms with Gasteiger partial charge in [-0.1, -0.05) is 18.2 Å². The molecule has 1 fully saturated rings. The zero-order valence-electron chi connectivity index (χ0n) is 14.2. The van der Waals surface area contributed by atoms with Crippen LogP contribution in [0.15, 0.2) is 47.8 Å². The Labute approximate surface area is 158 Å². The number of amides is 1. The van der Waals surface area contributed by atoms with E-state index < -0.39 is 5.41 Å². The molecule has 27 heavy (non-hydrogen) atoms. The number of ether oxygens (including phenoxy) is 2. The molecule has 0 spiro atoms. The first-order chi connectivity index (χ1) is 13.1. The Morgan fingerprint density at radius 1 is 1.15 bits per heavy atom. The highest BCUT2D eigenvalue weighted by molar-refractivity contribution is 7.14. The average molecular weight is 382 g/mol. The van der Waals surface area contributed by atoms with E-state index in [1.165, 1.54) is 23.5 Å². The van der Waals surface area contributed by atoms with Crippen LogP contribution >= 0.6 is 11.3 Å². The molecule has 3 aromatic rings. The second-order valence-corrected chi connectivity index (χ2v) is 7.51. The summed E-state index contributed by atoms with van der Waals surface area (Å²) in [4.78, 5) is 17.4. The van der Waals surface area contributed by atoms with Gasteiger partial charge < -0.3 is 14.8 Å². The third-order valence-corrected chi connectivity index (χ3v) is 5.71. The van der Waals surface area contributed by atoms with Gasteiger partial charge in [-0.15, -0.1) is 11.3 Å². The summed E-state index contributed by atoms with van der Waals surface area (Å²) < 4.78 is 24.2. The van der Waals surface area contributed by atoms with E-state index >= 15 is 0 Å². The second kappa shape index (κ2) is 6.06. The van der Waals surface area contributed by atoms with Gasteiger partial charge in [-0.25, -0.2) is 9.37 Å². The lowest BCUT2D eigenvalue weighted by molar-refractivity contribution is -0.118. The highest BCUT2D eigenvalue weighted by Gasteiger charge is 2.52. The van der Waals surface area contributed by atoms with Gasteiger partial charge in [-0.3, -0.25) is 4.79 Å². The summed E-state index contributed by atoms with van der Waals surface area (Å²) in [7, 11) is 0. The molecular weight excluding hydrogens is 367 g/mol. The van der Waals surface area contributed by atoms with E-state index in [1.54, 1.807) is 12.1 Å². The molecule has 0 saturated heterocycles. The van der Waals surface area contributed by atoms with E-state index in [4.69, 9.17) is 9.47 Å². The van der Waals surface area contributed by atoms with Gasteiger partial charge in [0.15, 0.2) is 16.6 Å². The lowest BCUT2D eigenvalue weighted by Crippen LogP contribution is -2.27. The van der Waals surface area contributed by atoms with Crippen molar-refractivity contribution in [1.82, 2.24) is 4.98 Å². The fourth-order valence-electron chi connectivity index (χ4n) is 3.29. The number of rotatable bonds is 4. The molecule has 1 N–H and O–H groups in total. The number of fused-ring (bicyclic) bond motifs is 1. The Morgan fingerprint density at radius 2 is 2.00 bits per heavy atom. The molecule has 0 atom stereocenters. The van der Waals surface area contributed by atoms with Crippen molar-refractivity contribution in [2.24, 2.45) is 0 Å². The Balaban J connectivity index is 1.36. The van der Waals surface area contributed by atoms with Crippen LogP contribution in [0.1, 0.15) is 18.4 Å². The van der Waals surface area contributed by atoms with Crippen molar-refractivity contribution in [1.29, 1.82) is 0 Å². The Bertz CT molecular complexity index is 1050. The van der Waals surface area contributed by atoms with Crippen molar-refractivity contribution >= 4 is 22.4 Å². The first kappa shape index (κ1) is 16.3. The van der Waals surface area contributed by atoms with Crippen molar-refractivity contribution in [3.63, 3.8) is 0 Å². The van der Waals surface area contributed by atoms with E-state index in [9.17, 15) is 9.18 Å². The predicted octanol–water partition coefficient (Wildman–Crippen LogP) is 4.35. The topological polar surface area (TPSA) is 60.5 Å². The van der Waals surface area contributed by atoms with Crippen LogP contribution in [0.5, 0.6) is 11.5 Å². The van der Waals surface area contributed by atoms with Gasteiger partial charge in [-0.05, 0) is 42.7 Å². The van der Waals surface area contributed by atoms with Crippen LogP contribution in [0.4, 0.5) is 9.52 Å².